The molecule has 0 amide bonds. The molecule has 0 bridgehead atoms. The maximum atomic E-state index is 11.0. The molecule has 0 spiro atoms. The molecule has 102 valence electrons. The second kappa shape index (κ2) is 5.22. The number of hydrogen-bond donors (Lipinski definition) is 0. The molecule has 1 aromatic heterocycles. The van der Waals surface area contributed by atoms with Crippen LogP contribution in [0.5, 0.6) is 11.5 Å². The predicted octanol–water partition coefficient (Wildman–Crippen LogP) is 1.90. The summed E-state index contributed by atoms with van der Waals surface area (Å²) in [5, 5.41) is 11.7. The van der Waals surface area contributed by atoms with Gasteiger partial charge >= 0.3 is 0 Å². The summed E-state index contributed by atoms with van der Waals surface area (Å²) in [5.74, 6) is -0.549. The topological polar surface area (TPSA) is 71.7 Å². The molecule has 0 radical (unpaired) electrons. The zero-order valence-corrected chi connectivity index (χ0v) is 11.1. The Morgan fingerprint density at radius 3 is 2.53 bits per heavy atom. The minimum atomic E-state index is -1.34. The van der Waals surface area contributed by atoms with Crippen molar-refractivity contribution in [3.05, 3.63) is 23.5 Å². The van der Waals surface area contributed by atoms with Crippen LogP contribution in [0.4, 0.5) is 0 Å². The summed E-state index contributed by atoms with van der Waals surface area (Å²) in [5.41, 5.74) is 0.906. The van der Waals surface area contributed by atoms with Crippen LogP contribution in [0.25, 0.3) is 11.0 Å². The third kappa shape index (κ3) is 2.23. The Bertz CT molecular complexity index is 612. The van der Waals surface area contributed by atoms with Crippen LogP contribution in [0.1, 0.15) is 30.0 Å². The molecule has 1 heterocycles. The number of aromatic carboxylic acids is 1. The molecule has 0 atom stereocenters. The van der Waals surface area contributed by atoms with Crippen LogP contribution in [-0.4, -0.2) is 19.2 Å². The van der Waals surface area contributed by atoms with Crippen LogP contribution in [0.2, 0.25) is 0 Å². The molecular weight excluding hydrogens is 248 g/mol. The molecule has 0 saturated heterocycles. The lowest BCUT2D eigenvalue weighted by Crippen LogP contribution is -2.22. The van der Waals surface area contributed by atoms with Crippen LogP contribution < -0.4 is 14.6 Å². The monoisotopic (exact) mass is 263 g/mol. The molecule has 19 heavy (non-hydrogen) atoms. The molecule has 5 heteroatoms. The van der Waals surface area contributed by atoms with Crippen LogP contribution in [0.15, 0.2) is 16.5 Å². The van der Waals surface area contributed by atoms with Gasteiger partial charge in [-0.3, -0.25) is 0 Å². The van der Waals surface area contributed by atoms with E-state index in [-0.39, 0.29) is 5.76 Å². The van der Waals surface area contributed by atoms with E-state index in [9.17, 15) is 9.90 Å². The molecule has 2 aromatic rings. The molecule has 0 fully saturated rings. The maximum Gasteiger partial charge on any atom is 0.204 e. The Labute approximate surface area is 110 Å². The highest BCUT2D eigenvalue weighted by Gasteiger charge is 2.18. The molecule has 0 unspecified atom stereocenters. The number of furan rings is 1. The summed E-state index contributed by atoms with van der Waals surface area (Å²) < 4.78 is 16.3. The van der Waals surface area contributed by atoms with E-state index >= 15 is 0 Å². The van der Waals surface area contributed by atoms with E-state index in [1.807, 2.05) is 13.8 Å². The van der Waals surface area contributed by atoms with Crippen LogP contribution in [-0.2, 0) is 0 Å². The third-order valence-electron chi connectivity index (χ3n) is 2.80. The highest BCUT2D eigenvalue weighted by atomic mass is 16.5. The van der Waals surface area contributed by atoms with E-state index in [1.54, 1.807) is 19.1 Å². The van der Waals surface area contributed by atoms with E-state index in [1.165, 1.54) is 0 Å². The fourth-order valence-corrected chi connectivity index (χ4v) is 1.99. The number of carboxylic acid groups (broad SMARTS) is 1. The molecule has 0 aliphatic rings. The number of carbonyl (C=O) groups excluding carboxylic acids is 1. The number of rotatable bonds is 5. The van der Waals surface area contributed by atoms with E-state index in [0.717, 1.165) is 0 Å². The Hall–Kier alpha value is -2.17. The first kappa shape index (κ1) is 13.3. The van der Waals surface area contributed by atoms with Gasteiger partial charge in [0.15, 0.2) is 17.1 Å². The van der Waals surface area contributed by atoms with Gasteiger partial charge in [0.1, 0.15) is 5.97 Å². The fraction of sp³-hybridized carbons (Fsp3) is 0.357. The second-order valence-electron chi connectivity index (χ2n) is 3.98. The van der Waals surface area contributed by atoms with Gasteiger partial charge in [0.2, 0.25) is 5.75 Å². The van der Waals surface area contributed by atoms with Gasteiger partial charge in [0, 0.05) is 10.9 Å². The predicted molar refractivity (Wildman–Crippen MR) is 67.6 cm³/mol. The van der Waals surface area contributed by atoms with Crippen molar-refractivity contribution < 1.29 is 23.8 Å². The Balaban J connectivity index is 2.70. The number of benzene rings is 1. The summed E-state index contributed by atoms with van der Waals surface area (Å²) in [6, 6.07) is 3.51. The van der Waals surface area contributed by atoms with Gasteiger partial charge in [-0.05, 0) is 32.9 Å². The normalized spacial score (nSPS) is 10.7. The summed E-state index contributed by atoms with van der Waals surface area (Å²) in [6.45, 7) is 6.29. The quantitative estimate of drug-likeness (QED) is 0.823. The number of fused-ring (bicyclic) bond motifs is 1. The highest BCUT2D eigenvalue weighted by Crippen LogP contribution is 2.39. The molecule has 0 aliphatic heterocycles. The first-order valence-corrected chi connectivity index (χ1v) is 6.13. The zero-order chi connectivity index (χ0) is 14.0. The van der Waals surface area contributed by atoms with Crippen LogP contribution >= 0.6 is 0 Å². The molecule has 1 aromatic carbocycles. The van der Waals surface area contributed by atoms with Crippen molar-refractivity contribution in [3.63, 3.8) is 0 Å². The van der Waals surface area contributed by atoms with Crippen molar-refractivity contribution >= 4 is 16.9 Å². The van der Waals surface area contributed by atoms with Crippen molar-refractivity contribution in [3.8, 4) is 11.5 Å². The van der Waals surface area contributed by atoms with Gasteiger partial charge in [-0.25, -0.2) is 0 Å². The molecule has 5 nitrogen and oxygen atoms in total. The minimum absolute atomic E-state index is 0.176. The number of hydrogen-bond acceptors (Lipinski definition) is 5. The van der Waals surface area contributed by atoms with Crippen molar-refractivity contribution in [2.45, 2.75) is 20.8 Å². The Morgan fingerprint density at radius 1 is 1.26 bits per heavy atom. The SMILES string of the molecule is CCOc1ccc2c(C)c(C(=O)[O-])oc2c1OCC. The zero-order valence-electron chi connectivity index (χ0n) is 11.1. The molecule has 0 saturated carbocycles. The highest BCUT2D eigenvalue weighted by molar-refractivity contribution is 5.97. The summed E-state index contributed by atoms with van der Waals surface area (Å²) in [6.07, 6.45) is 0. The van der Waals surface area contributed by atoms with E-state index in [0.29, 0.717) is 41.2 Å². The largest absolute Gasteiger partial charge is 0.542 e. The second-order valence-corrected chi connectivity index (χ2v) is 3.98. The van der Waals surface area contributed by atoms with Gasteiger partial charge in [-0.15, -0.1) is 0 Å². The van der Waals surface area contributed by atoms with Crippen molar-refractivity contribution in [2.24, 2.45) is 0 Å². The average molecular weight is 263 g/mol. The fourth-order valence-electron chi connectivity index (χ4n) is 1.99. The maximum absolute atomic E-state index is 11.0. The lowest BCUT2D eigenvalue weighted by molar-refractivity contribution is -0.257. The van der Waals surface area contributed by atoms with Crippen LogP contribution in [0, 0.1) is 6.92 Å². The first-order chi connectivity index (χ1) is 9.10. The number of carboxylic acids is 1. The Morgan fingerprint density at radius 2 is 1.95 bits per heavy atom. The first-order valence-electron chi connectivity index (χ1n) is 6.13. The van der Waals surface area contributed by atoms with E-state index in [4.69, 9.17) is 13.9 Å². The lowest BCUT2D eigenvalue weighted by Gasteiger charge is -2.10. The van der Waals surface area contributed by atoms with Gasteiger partial charge in [-0.2, -0.15) is 0 Å². The molecule has 2 rings (SSSR count). The van der Waals surface area contributed by atoms with Crippen molar-refractivity contribution in [1.29, 1.82) is 0 Å². The minimum Gasteiger partial charge on any atom is -0.542 e. The standard InChI is InChI=1S/C14H16O5/c1-4-17-10-7-6-9-8(3)11(14(15)16)19-12(9)13(10)18-5-2/h6-7H,4-5H2,1-3H3,(H,15,16)/p-1. The Kier molecular flexibility index (Phi) is 3.64. The summed E-state index contributed by atoms with van der Waals surface area (Å²) in [7, 11) is 0. The van der Waals surface area contributed by atoms with Gasteiger partial charge in [0.25, 0.3) is 0 Å². The van der Waals surface area contributed by atoms with Gasteiger partial charge < -0.3 is 23.8 Å². The number of carbonyl (C=O) groups is 1. The molecular formula is C14H15O5-. The summed E-state index contributed by atoms with van der Waals surface area (Å²) >= 11 is 0. The molecule has 0 N–H and O–H groups in total. The average Bonchev–Trinajstić information content (AvgIpc) is 2.71. The number of ether oxygens (including phenoxy) is 2. The van der Waals surface area contributed by atoms with Crippen LogP contribution in [0.3, 0.4) is 0 Å². The number of aryl methyl sites for hydroxylation is 1. The smallest absolute Gasteiger partial charge is 0.204 e. The van der Waals surface area contributed by atoms with Gasteiger partial charge in [-0.1, -0.05) is 0 Å². The third-order valence-corrected chi connectivity index (χ3v) is 2.80. The summed E-state index contributed by atoms with van der Waals surface area (Å²) in [4.78, 5) is 11.0. The van der Waals surface area contributed by atoms with E-state index in [2.05, 4.69) is 0 Å². The van der Waals surface area contributed by atoms with Crippen molar-refractivity contribution in [1.82, 2.24) is 0 Å². The lowest BCUT2D eigenvalue weighted by atomic mass is 10.1. The van der Waals surface area contributed by atoms with Crippen molar-refractivity contribution in [2.75, 3.05) is 13.2 Å². The van der Waals surface area contributed by atoms with Gasteiger partial charge in [0.05, 0.1) is 13.2 Å². The van der Waals surface area contributed by atoms with E-state index < -0.39 is 5.97 Å². The molecule has 0 aliphatic carbocycles.